The summed E-state index contributed by atoms with van der Waals surface area (Å²) < 4.78 is 0. The third-order valence-corrected chi connectivity index (χ3v) is 3.50. The molecule has 1 aliphatic heterocycles. The molecule has 0 saturated carbocycles. The topological polar surface area (TPSA) is 35.5 Å². The van der Waals surface area contributed by atoms with Crippen LogP contribution in [0.3, 0.4) is 0 Å². The molecule has 1 unspecified atom stereocenters. The number of rotatable bonds is 6. The van der Waals surface area contributed by atoms with Crippen LogP contribution in [-0.4, -0.2) is 36.2 Å². The molecule has 100 valence electrons. The first-order chi connectivity index (χ1) is 8.74. The van der Waals surface area contributed by atoms with Crippen molar-refractivity contribution in [1.82, 2.24) is 10.2 Å². The van der Waals surface area contributed by atoms with Gasteiger partial charge in [-0.05, 0) is 56.1 Å². The van der Waals surface area contributed by atoms with Gasteiger partial charge in [-0.15, -0.1) is 0 Å². The van der Waals surface area contributed by atoms with E-state index in [0.717, 1.165) is 18.7 Å². The van der Waals surface area contributed by atoms with Gasteiger partial charge in [0.15, 0.2) is 0 Å². The summed E-state index contributed by atoms with van der Waals surface area (Å²) in [5.41, 5.74) is 1.14. The highest BCUT2D eigenvalue weighted by Crippen LogP contribution is 2.11. The van der Waals surface area contributed by atoms with E-state index in [2.05, 4.69) is 17.1 Å². The zero-order chi connectivity index (χ0) is 12.8. The van der Waals surface area contributed by atoms with Crippen LogP contribution in [0.25, 0.3) is 0 Å². The predicted octanol–water partition coefficient (Wildman–Crippen LogP) is 2.21. The highest BCUT2D eigenvalue weighted by Gasteiger charge is 2.14. The van der Waals surface area contributed by atoms with Crippen LogP contribution in [0.4, 0.5) is 0 Å². The summed E-state index contributed by atoms with van der Waals surface area (Å²) in [5.74, 6) is 1.03. The van der Waals surface area contributed by atoms with Crippen LogP contribution in [0.2, 0.25) is 0 Å². The second kappa shape index (κ2) is 6.76. The Morgan fingerprint density at radius 3 is 2.83 bits per heavy atom. The minimum absolute atomic E-state index is 0.347. The average Bonchev–Trinajstić information content (AvgIpc) is 2.82. The van der Waals surface area contributed by atoms with Crippen LogP contribution < -0.4 is 5.32 Å². The van der Waals surface area contributed by atoms with Gasteiger partial charge in [-0.25, -0.2) is 0 Å². The quantitative estimate of drug-likeness (QED) is 0.810. The molecular formula is C15H24N2O. The molecule has 0 radical (unpaired) electrons. The zero-order valence-electron chi connectivity index (χ0n) is 11.2. The van der Waals surface area contributed by atoms with Gasteiger partial charge in [0, 0.05) is 13.1 Å². The van der Waals surface area contributed by atoms with E-state index in [4.69, 9.17) is 0 Å². The van der Waals surface area contributed by atoms with Crippen molar-refractivity contribution >= 4 is 0 Å². The van der Waals surface area contributed by atoms with Crippen molar-refractivity contribution in [2.45, 2.75) is 26.3 Å². The molecule has 3 heteroatoms. The van der Waals surface area contributed by atoms with Crippen molar-refractivity contribution in [3.05, 3.63) is 29.8 Å². The minimum atomic E-state index is 0.347. The Bertz CT molecular complexity index is 361. The van der Waals surface area contributed by atoms with E-state index in [-0.39, 0.29) is 0 Å². The molecule has 0 aliphatic carbocycles. The van der Waals surface area contributed by atoms with Crippen LogP contribution in [0.15, 0.2) is 24.3 Å². The third kappa shape index (κ3) is 4.31. The fraction of sp³-hybridized carbons (Fsp3) is 0.600. The number of aromatic hydroxyl groups is 1. The highest BCUT2D eigenvalue weighted by molar-refractivity contribution is 5.26. The summed E-state index contributed by atoms with van der Waals surface area (Å²) in [6.45, 7) is 7.92. The number of nitrogens with zero attached hydrogens (tertiary/aromatic N) is 1. The van der Waals surface area contributed by atoms with Crippen LogP contribution in [0.1, 0.15) is 25.3 Å². The smallest absolute Gasteiger partial charge is 0.115 e. The fourth-order valence-corrected chi connectivity index (χ4v) is 2.60. The summed E-state index contributed by atoms with van der Waals surface area (Å²) in [5, 5.41) is 12.8. The molecule has 1 fully saturated rings. The Hall–Kier alpha value is -1.06. The van der Waals surface area contributed by atoms with Gasteiger partial charge in [-0.3, -0.25) is 0 Å². The van der Waals surface area contributed by atoms with Crippen molar-refractivity contribution in [1.29, 1.82) is 0 Å². The van der Waals surface area contributed by atoms with Crippen LogP contribution >= 0.6 is 0 Å². The number of hydrogen-bond acceptors (Lipinski definition) is 3. The van der Waals surface area contributed by atoms with E-state index in [0.29, 0.717) is 11.7 Å². The van der Waals surface area contributed by atoms with Crippen molar-refractivity contribution in [3.8, 4) is 5.75 Å². The SMILES string of the molecule is CC(CNCc1cccc(O)c1)CN1CCCC1. The summed E-state index contributed by atoms with van der Waals surface area (Å²) in [7, 11) is 0. The molecule has 0 bridgehead atoms. The van der Waals surface area contributed by atoms with E-state index in [1.54, 1.807) is 6.07 Å². The molecule has 1 aromatic carbocycles. The van der Waals surface area contributed by atoms with Gasteiger partial charge in [0.1, 0.15) is 5.75 Å². The third-order valence-electron chi connectivity index (χ3n) is 3.50. The molecule has 0 amide bonds. The first-order valence-electron chi connectivity index (χ1n) is 6.95. The summed E-state index contributed by atoms with van der Waals surface area (Å²) in [6.07, 6.45) is 2.73. The van der Waals surface area contributed by atoms with Crippen LogP contribution in [-0.2, 0) is 6.54 Å². The first kappa shape index (κ1) is 13.4. The Balaban J connectivity index is 1.65. The van der Waals surface area contributed by atoms with E-state index >= 15 is 0 Å². The molecule has 2 N–H and O–H groups in total. The number of phenolic OH excluding ortho intramolecular Hbond substituents is 1. The largest absolute Gasteiger partial charge is 0.508 e. The number of likely N-dealkylation sites (tertiary alicyclic amines) is 1. The number of phenols is 1. The maximum Gasteiger partial charge on any atom is 0.115 e. The lowest BCUT2D eigenvalue weighted by Gasteiger charge is -2.20. The van der Waals surface area contributed by atoms with Crippen molar-refractivity contribution in [2.24, 2.45) is 5.92 Å². The Morgan fingerprint density at radius 2 is 2.11 bits per heavy atom. The molecule has 1 atom stereocenters. The van der Waals surface area contributed by atoms with E-state index in [9.17, 15) is 5.11 Å². The van der Waals surface area contributed by atoms with Gasteiger partial charge in [-0.1, -0.05) is 19.1 Å². The van der Waals surface area contributed by atoms with Gasteiger partial charge < -0.3 is 15.3 Å². The van der Waals surface area contributed by atoms with E-state index in [1.165, 1.54) is 32.5 Å². The van der Waals surface area contributed by atoms with Crippen molar-refractivity contribution < 1.29 is 5.11 Å². The molecule has 18 heavy (non-hydrogen) atoms. The van der Waals surface area contributed by atoms with Crippen LogP contribution in [0.5, 0.6) is 5.75 Å². The lowest BCUT2D eigenvalue weighted by Crippen LogP contribution is -2.31. The van der Waals surface area contributed by atoms with Crippen molar-refractivity contribution in [2.75, 3.05) is 26.2 Å². The molecule has 1 aliphatic rings. The Labute approximate surface area is 110 Å². The van der Waals surface area contributed by atoms with Gasteiger partial charge in [0.25, 0.3) is 0 Å². The molecule has 0 spiro atoms. The standard InChI is InChI=1S/C15H24N2O/c1-13(12-17-7-2-3-8-17)10-16-11-14-5-4-6-15(18)9-14/h4-6,9,13,16,18H,2-3,7-8,10-12H2,1H3. The average molecular weight is 248 g/mol. The van der Waals surface area contributed by atoms with E-state index < -0.39 is 0 Å². The maximum absolute atomic E-state index is 9.38. The maximum atomic E-state index is 9.38. The number of nitrogens with one attached hydrogen (secondary N) is 1. The van der Waals surface area contributed by atoms with Gasteiger partial charge >= 0.3 is 0 Å². The van der Waals surface area contributed by atoms with Gasteiger partial charge in [0.05, 0.1) is 0 Å². The summed E-state index contributed by atoms with van der Waals surface area (Å²) in [4.78, 5) is 2.56. The Kier molecular flexibility index (Phi) is 5.02. The molecule has 1 heterocycles. The van der Waals surface area contributed by atoms with E-state index in [1.807, 2.05) is 18.2 Å². The summed E-state index contributed by atoms with van der Waals surface area (Å²) in [6, 6.07) is 7.45. The molecule has 1 saturated heterocycles. The minimum Gasteiger partial charge on any atom is -0.508 e. The fourth-order valence-electron chi connectivity index (χ4n) is 2.60. The monoisotopic (exact) mass is 248 g/mol. The first-order valence-corrected chi connectivity index (χ1v) is 6.95. The lowest BCUT2D eigenvalue weighted by atomic mass is 10.1. The van der Waals surface area contributed by atoms with Gasteiger partial charge in [0.2, 0.25) is 0 Å². The van der Waals surface area contributed by atoms with Crippen molar-refractivity contribution in [3.63, 3.8) is 0 Å². The van der Waals surface area contributed by atoms with Crippen LogP contribution in [0, 0.1) is 5.92 Å². The zero-order valence-corrected chi connectivity index (χ0v) is 11.2. The molecule has 1 aromatic rings. The highest BCUT2D eigenvalue weighted by atomic mass is 16.3. The number of hydrogen-bond donors (Lipinski definition) is 2. The molecular weight excluding hydrogens is 224 g/mol. The van der Waals surface area contributed by atoms with Gasteiger partial charge in [-0.2, -0.15) is 0 Å². The second-order valence-electron chi connectivity index (χ2n) is 5.41. The lowest BCUT2D eigenvalue weighted by molar-refractivity contribution is 0.282. The molecule has 3 nitrogen and oxygen atoms in total. The predicted molar refractivity (Wildman–Crippen MR) is 74.7 cm³/mol. The summed E-state index contributed by atoms with van der Waals surface area (Å²) >= 11 is 0. The normalized spacial score (nSPS) is 18.1. The molecule has 2 rings (SSSR count). The number of benzene rings is 1. The Morgan fingerprint density at radius 1 is 1.33 bits per heavy atom. The second-order valence-corrected chi connectivity index (χ2v) is 5.41. The molecule has 0 aromatic heterocycles.